The van der Waals surface area contributed by atoms with Gasteiger partial charge in [0.15, 0.2) is 0 Å². The van der Waals surface area contributed by atoms with Crippen molar-refractivity contribution in [1.29, 1.82) is 0 Å². The molecule has 0 amide bonds. The van der Waals surface area contributed by atoms with Crippen LogP contribution in [0.3, 0.4) is 0 Å². The molecule has 2 heterocycles. The molecule has 0 spiro atoms. The van der Waals surface area contributed by atoms with Gasteiger partial charge in [0.2, 0.25) is 0 Å². The highest BCUT2D eigenvalue weighted by molar-refractivity contribution is 5.51. The number of likely N-dealkylation sites (N-methyl/N-ethyl adjacent to an activating group) is 1. The monoisotopic (exact) mass is 287 g/mol. The number of rotatable bonds is 4. The summed E-state index contributed by atoms with van der Waals surface area (Å²) in [5.41, 5.74) is 4.25. The molecule has 21 heavy (non-hydrogen) atoms. The Morgan fingerprint density at radius 1 is 1.19 bits per heavy atom. The van der Waals surface area contributed by atoms with E-state index in [1.54, 1.807) is 0 Å². The Morgan fingerprint density at radius 2 is 2.00 bits per heavy atom. The van der Waals surface area contributed by atoms with Crippen LogP contribution < -0.4 is 10.2 Å². The summed E-state index contributed by atoms with van der Waals surface area (Å²) >= 11 is 0. The van der Waals surface area contributed by atoms with Crippen molar-refractivity contribution in [1.82, 2.24) is 10.2 Å². The van der Waals surface area contributed by atoms with Crippen LogP contribution in [0.1, 0.15) is 37.3 Å². The lowest BCUT2D eigenvalue weighted by Gasteiger charge is -2.28. The van der Waals surface area contributed by atoms with E-state index in [9.17, 15) is 0 Å². The predicted molar refractivity (Wildman–Crippen MR) is 90.0 cm³/mol. The average Bonchev–Trinajstić information content (AvgIpc) is 2.71. The van der Waals surface area contributed by atoms with Crippen molar-refractivity contribution in [3.05, 3.63) is 29.3 Å². The molecule has 116 valence electrons. The summed E-state index contributed by atoms with van der Waals surface area (Å²) in [5.74, 6) is 0. The molecule has 2 bridgehead atoms. The van der Waals surface area contributed by atoms with Gasteiger partial charge in [-0.1, -0.05) is 13.0 Å². The lowest BCUT2D eigenvalue weighted by atomic mass is 10.0. The van der Waals surface area contributed by atoms with Gasteiger partial charge in [-0.15, -0.1) is 0 Å². The lowest BCUT2D eigenvalue weighted by molar-refractivity contribution is 0.254. The Kier molecular flexibility index (Phi) is 4.51. The smallest absolute Gasteiger partial charge is 0.0369 e. The molecule has 2 unspecified atom stereocenters. The number of anilines is 1. The summed E-state index contributed by atoms with van der Waals surface area (Å²) < 4.78 is 0. The highest BCUT2D eigenvalue weighted by atomic mass is 15.3. The maximum atomic E-state index is 3.42. The lowest BCUT2D eigenvalue weighted by Crippen LogP contribution is -2.36. The Labute approximate surface area is 129 Å². The van der Waals surface area contributed by atoms with Crippen LogP contribution in [0, 0.1) is 6.92 Å². The summed E-state index contributed by atoms with van der Waals surface area (Å²) in [4.78, 5) is 5.22. The van der Waals surface area contributed by atoms with Crippen molar-refractivity contribution in [2.45, 2.75) is 51.7 Å². The van der Waals surface area contributed by atoms with E-state index in [2.05, 4.69) is 54.2 Å². The second kappa shape index (κ2) is 6.37. The van der Waals surface area contributed by atoms with Crippen molar-refractivity contribution in [3.63, 3.8) is 0 Å². The molecule has 2 saturated heterocycles. The number of fused-ring (bicyclic) bond motifs is 2. The molecule has 2 aliphatic rings. The quantitative estimate of drug-likeness (QED) is 0.918. The van der Waals surface area contributed by atoms with Crippen LogP contribution in [0.4, 0.5) is 5.69 Å². The first-order valence-electron chi connectivity index (χ1n) is 8.46. The summed E-state index contributed by atoms with van der Waals surface area (Å²) in [7, 11) is 2.32. The van der Waals surface area contributed by atoms with E-state index in [0.29, 0.717) is 0 Å². The zero-order valence-corrected chi connectivity index (χ0v) is 13.7. The van der Waals surface area contributed by atoms with Crippen molar-refractivity contribution in [2.75, 3.05) is 31.6 Å². The van der Waals surface area contributed by atoms with E-state index in [4.69, 9.17) is 0 Å². The predicted octanol–water partition coefficient (Wildman–Crippen LogP) is 2.78. The van der Waals surface area contributed by atoms with Gasteiger partial charge in [0, 0.05) is 37.4 Å². The highest BCUT2D eigenvalue weighted by Crippen LogP contribution is 2.31. The first kappa shape index (κ1) is 14.9. The normalized spacial score (nSPS) is 26.1. The molecule has 1 aromatic rings. The highest BCUT2D eigenvalue weighted by Gasteiger charge is 2.34. The Balaban J connectivity index is 1.73. The molecule has 3 rings (SSSR count). The molecule has 2 fully saturated rings. The van der Waals surface area contributed by atoms with Gasteiger partial charge < -0.3 is 10.2 Å². The van der Waals surface area contributed by atoms with Crippen LogP contribution in [0.5, 0.6) is 0 Å². The Bertz CT molecular complexity index is 485. The van der Waals surface area contributed by atoms with Crippen molar-refractivity contribution >= 4 is 5.69 Å². The first-order valence-corrected chi connectivity index (χ1v) is 8.46. The SMILES string of the molecule is CCNCc1ccc(N2CCC3CCC(C2)N3C)cc1C. The third-order valence-corrected chi connectivity index (χ3v) is 5.41. The number of aryl methyl sites for hydroxylation is 1. The minimum atomic E-state index is 0.749. The molecule has 1 N–H and O–H groups in total. The molecular formula is C18H29N3. The number of nitrogens with one attached hydrogen (secondary N) is 1. The second-order valence-corrected chi connectivity index (χ2v) is 6.68. The number of benzene rings is 1. The minimum Gasteiger partial charge on any atom is -0.370 e. The van der Waals surface area contributed by atoms with Crippen LogP contribution in [-0.2, 0) is 6.54 Å². The molecule has 0 radical (unpaired) electrons. The van der Waals surface area contributed by atoms with Gasteiger partial charge in [0.05, 0.1) is 0 Å². The molecule has 3 nitrogen and oxygen atoms in total. The van der Waals surface area contributed by atoms with E-state index < -0.39 is 0 Å². The van der Waals surface area contributed by atoms with Crippen LogP contribution in [0.2, 0.25) is 0 Å². The summed E-state index contributed by atoms with van der Waals surface area (Å²) in [6, 6.07) is 8.57. The zero-order chi connectivity index (χ0) is 14.8. The maximum absolute atomic E-state index is 3.42. The van der Waals surface area contributed by atoms with Gasteiger partial charge in [-0.05, 0) is 63.0 Å². The van der Waals surface area contributed by atoms with E-state index in [-0.39, 0.29) is 0 Å². The third-order valence-electron chi connectivity index (χ3n) is 5.41. The second-order valence-electron chi connectivity index (χ2n) is 6.68. The standard InChI is InChI=1S/C18H29N3/c1-4-19-12-15-5-6-17(11-14(15)2)21-10-9-16-7-8-18(13-21)20(16)3/h5-6,11,16,18-19H,4,7-10,12-13H2,1-3H3. The van der Waals surface area contributed by atoms with Gasteiger partial charge in [0.25, 0.3) is 0 Å². The molecule has 0 aliphatic carbocycles. The van der Waals surface area contributed by atoms with Crippen LogP contribution in [0.15, 0.2) is 18.2 Å². The molecular weight excluding hydrogens is 258 g/mol. The van der Waals surface area contributed by atoms with Crippen molar-refractivity contribution in [2.24, 2.45) is 0 Å². The molecule has 2 aliphatic heterocycles. The molecule has 0 aromatic heterocycles. The van der Waals surface area contributed by atoms with Crippen LogP contribution >= 0.6 is 0 Å². The maximum Gasteiger partial charge on any atom is 0.0369 e. The molecule has 0 saturated carbocycles. The minimum absolute atomic E-state index is 0.749. The fraction of sp³-hybridized carbons (Fsp3) is 0.667. The van der Waals surface area contributed by atoms with E-state index in [0.717, 1.165) is 25.2 Å². The van der Waals surface area contributed by atoms with Crippen molar-refractivity contribution < 1.29 is 0 Å². The van der Waals surface area contributed by atoms with Gasteiger partial charge in [0.1, 0.15) is 0 Å². The molecule has 3 heteroatoms. The topological polar surface area (TPSA) is 18.5 Å². The third kappa shape index (κ3) is 3.09. The van der Waals surface area contributed by atoms with Crippen molar-refractivity contribution in [3.8, 4) is 0 Å². The number of hydrogen-bond donors (Lipinski definition) is 1. The van der Waals surface area contributed by atoms with E-state index in [1.807, 2.05) is 0 Å². The van der Waals surface area contributed by atoms with E-state index >= 15 is 0 Å². The van der Waals surface area contributed by atoms with Crippen LogP contribution in [0.25, 0.3) is 0 Å². The first-order chi connectivity index (χ1) is 10.2. The Hall–Kier alpha value is -1.06. The fourth-order valence-corrected chi connectivity index (χ4v) is 3.88. The van der Waals surface area contributed by atoms with E-state index in [1.165, 1.54) is 49.2 Å². The fourth-order valence-electron chi connectivity index (χ4n) is 3.88. The molecule has 1 aromatic carbocycles. The van der Waals surface area contributed by atoms with Gasteiger partial charge >= 0.3 is 0 Å². The zero-order valence-electron chi connectivity index (χ0n) is 13.7. The van der Waals surface area contributed by atoms with Crippen LogP contribution in [-0.4, -0.2) is 43.7 Å². The summed E-state index contributed by atoms with van der Waals surface area (Å²) in [6.07, 6.45) is 4.08. The average molecular weight is 287 g/mol. The van der Waals surface area contributed by atoms with Gasteiger partial charge in [-0.25, -0.2) is 0 Å². The molecule has 2 atom stereocenters. The number of nitrogens with zero attached hydrogens (tertiary/aromatic N) is 2. The summed E-state index contributed by atoms with van der Waals surface area (Å²) in [5, 5.41) is 3.42. The van der Waals surface area contributed by atoms with Gasteiger partial charge in [-0.3, -0.25) is 4.90 Å². The number of hydrogen-bond acceptors (Lipinski definition) is 3. The summed E-state index contributed by atoms with van der Waals surface area (Å²) in [6.45, 7) is 8.81. The Morgan fingerprint density at radius 3 is 2.76 bits per heavy atom. The van der Waals surface area contributed by atoms with Gasteiger partial charge in [-0.2, -0.15) is 0 Å². The largest absolute Gasteiger partial charge is 0.370 e.